The normalized spacial score (nSPS) is 27.0. The van der Waals surface area contributed by atoms with Gasteiger partial charge >= 0.3 is 0 Å². The van der Waals surface area contributed by atoms with Crippen molar-refractivity contribution in [3.8, 4) is 0 Å². The van der Waals surface area contributed by atoms with Gasteiger partial charge in [0.05, 0.1) is 0 Å². The molecular formula is C7H14FN. The lowest BCUT2D eigenvalue weighted by Crippen LogP contribution is -2.37. The van der Waals surface area contributed by atoms with E-state index in [0.717, 1.165) is 12.8 Å². The monoisotopic (exact) mass is 131 g/mol. The lowest BCUT2D eigenvalue weighted by Gasteiger charge is -2.30. The molecule has 2 N–H and O–H groups in total. The molecule has 0 radical (unpaired) electrons. The molecule has 0 saturated heterocycles. The second kappa shape index (κ2) is 2.65. The SMILES string of the molecule is CC(N)C(F)C1CCC1. The molecule has 2 unspecified atom stereocenters. The third kappa shape index (κ3) is 1.42. The molecule has 0 aliphatic heterocycles. The van der Waals surface area contributed by atoms with Crippen LogP contribution >= 0.6 is 0 Å². The number of rotatable bonds is 2. The Morgan fingerprint density at radius 1 is 1.56 bits per heavy atom. The van der Waals surface area contributed by atoms with Crippen molar-refractivity contribution in [2.45, 2.75) is 38.4 Å². The molecular weight excluding hydrogens is 117 g/mol. The standard InChI is InChI=1S/C7H14FN/c1-5(9)7(8)6-3-2-4-6/h5-7H,2-4,9H2,1H3. The van der Waals surface area contributed by atoms with Crippen LogP contribution in [-0.4, -0.2) is 12.2 Å². The summed E-state index contributed by atoms with van der Waals surface area (Å²) in [6, 6.07) is -0.268. The summed E-state index contributed by atoms with van der Waals surface area (Å²) in [5.41, 5.74) is 5.37. The van der Waals surface area contributed by atoms with Crippen molar-refractivity contribution < 1.29 is 4.39 Å². The molecule has 2 atom stereocenters. The average molecular weight is 131 g/mol. The number of hydrogen-bond acceptors (Lipinski definition) is 1. The van der Waals surface area contributed by atoms with E-state index in [9.17, 15) is 4.39 Å². The van der Waals surface area contributed by atoms with E-state index in [4.69, 9.17) is 5.73 Å². The third-order valence-corrected chi connectivity index (χ3v) is 2.10. The summed E-state index contributed by atoms with van der Waals surface area (Å²) in [6.07, 6.45) is 2.53. The Bertz CT molecular complexity index is 88.9. The van der Waals surface area contributed by atoms with Crippen molar-refractivity contribution >= 4 is 0 Å². The fourth-order valence-electron chi connectivity index (χ4n) is 1.19. The smallest absolute Gasteiger partial charge is 0.118 e. The maximum absolute atomic E-state index is 12.8. The van der Waals surface area contributed by atoms with Gasteiger partial charge in [0.25, 0.3) is 0 Å². The molecule has 9 heavy (non-hydrogen) atoms. The van der Waals surface area contributed by atoms with Gasteiger partial charge in [0.1, 0.15) is 6.17 Å². The first kappa shape index (κ1) is 7.00. The van der Waals surface area contributed by atoms with E-state index in [2.05, 4.69) is 0 Å². The van der Waals surface area contributed by atoms with Crippen LogP contribution in [0.3, 0.4) is 0 Å². The van der Waals surface area contributed by atoms with Crippen molar-refractivity contribution in [3.63, 3.8) is 0 Å². The van der Waals surface area contributed by atoms with E-state index in [1.807, 2.05) is 0 Å². The Hall–Kier alpha value is -0.110. The lowest BCUT2D eigenvalue weighted by atomic mass is 9.80. The molecule has 0 amide bonds. The summed E-state index contributed by atoms with van der Waals surface area (Å²) in [5.74, 6) is 0.282. The van der Waals surface area contributed by atoms with Gasteiger partial charge in [0, 0.05) is 6.04 Å². The summed E-state index contributed by atoms with van der Waals surface area (Å²) in [7, 11) is 0. The van der Waals surface area contributed by atoms with E-state index in [1.54, 1.807) is 6.92 Å². The second-order valence-corrected chi connectivity index (χ2v) is 2.99. The van der Waals surface area contributed by atoms with Crippen LogP contribution in [0.2, 0.25) is 0 Å². The molecule has 1 fully saturated rings. The van der Waals surface area contributed by atoms with Crippen molar-refractivity contribution in [3.05, 3.63) is 0 Å². The Balaban J connectivity index is 2.23. The van der Waals surface area contributed by atoms with Gasteiger partial charge < -0.3 is 5.73 Å². The first-order chi connectivity index (χ1) is 4.22. The maximum Gasteiger partial charge on any atom is 0.118 e. The summed E-state index contributed by atoms with van der Waals surface area (Å²) in [5, 5.41) is 0. The van der Waals surface area contributed by atoms with Gasteiger partial charge in [0.15, 0.2) is 0 Å². The van der Waals surface area contributed by atoms with Gasteiger partial charge in [-0.05, 0) is 25.7 Å². The summed E-state index contributed by atoms with van der Waals surface area (Å²) < 4.78 is 12.8. The molecule has 1 rings (SSSR count). The van der Waals surface area contributed by atoms with Crippen LogP contribution in [0.4, 0.5) is 4.39 Å². The van der Waals surface area contributed by atoms with Gasteiger partial charge in [0.2, 0.25) is 0 Å². The highest BCUT2D eigenvalue weighted by molar-refractivity contribution is 4.81. The molecule has 1 aliphatic rings. The van der Waals surface area contributed by atoms with E-state index >= 15 is 0 Å². The molecule has 1 aliphatic carbocycles. The Kier molecular flexibility index (Phi) is 2.06. The minimum Gasteiger partial charge on any atom is -0.325 e. The number of alkyl halides is 1. The van der Waals surface area contributed by atoms with Crippen LogP contribution in [-0.2, 0) is 0 Å². The number of hydrogen-bond donors (Lipinski definition) is 1. The predicted octanol–water partition coefficient (Wildman–Crippen LogP) is 1.47. The van der Waals surface area contributed by atoms with Crippen molar-refractivity contribution in [2.24, 2.45) is 11.7 Å². The van der Waals surface area contributed by atoms with Gasteiger partial charge in [-0.1, -0.05) is 6.42 Å². The summed E-state index contributed by atoms with van der Waals surface area (Å²) >= 11 is 0. The molecule has 0 aromatic carbocycles. The molecule has 0 aromatic heterocycles. The van der Waals surface area contributed by atoms with Crippen LogP contribution in [0.1, 0.15) is 26.2 Å². The molecule has 1 nitrogen and oxygen atoms in total. The van der Waals surface area contributed by atoms with E-state index in [-0.39, 0.29) is 12.0 Å². The van der Waals surface area contributed by atoms with Gasteiger partial charge in [-0.2, -0.15) is 0 Å². The number of halogens is 1. The maximum atomic E-state index is 12.8. The highest BCUT2D eigenvalue weighted by Crippen LogP contribution is 2.32. The molecule has 2 heteroatoms. The minimum absolute atomic E-state index is 0.268. The molecule has 0 heterocycles. The Morgan fingerprint density at radius 3 is 2.22 bits per heavy atom. The minimum atomic E-state index is -0.751. The van der Waals surface area contributed by atoms with Crippen LogP contribution in [0.15, 0.2) is 0 Å². The van der Waals surface area contributed by atoms with E-state index in [1.165, 1.54) is 6.42 Å². The fourth-order valence-corrected chi connectivity index (χ4v) is 1.19. The molecule has 0 aromatic rings. The molecule has 1 saturated carbocycles. The molecule has 54 valence electrons. The zero-order valence-electron chi connectivity index (χ0n) is 5.81. The first-order valence-corrected chi connectivity index (χ1v) is 3.61. The first-order valence-electron chi connectivity index (χ1n) is 3.61. The second-order valence-electron chi connectivity index (χ2n) is 2.99. The summed E-state index contributed by atoms with van der Waals surface area (Å²) in [6.45, 7) is 1.74. The lowest BCUT2D eigenvalue weighted by molar-refractivity contribution is 0.129. The van der Waals surface area contributed by atoms with Crippen molar-refractivity contribution in [2.75, 3.05) is 0 Å². The van der Waals surface area contributed by atoms with Crippen molar-refractivity contribution in [1.29, 1.82) is 0 Å². The topological polar surface area (TPSA) is 26.0 Å². The van der Waals surface area contributed by atoms with Gasteiger partial charge in [-0.25, -0.2) is 4.39 Å². The van der Waals surface area contributed by atoms with Crippen LogP contribution in [0, 0.1) is 5.92 Å². The van der Waals surface area contributed by atoms with Crippen LogP contribution < -0.4 is 5.73 Å². The largest absolute Gasteiger partial charge is 0.325 e. The fraction of sp³-hybridized carbons (Fsp3) is 1.00. The number of nitrogens with two attached hydrogens (primary N) is 1. The quantitative estimate of drug-likeness (QED) is 0.603. The summed E-state index contributed by atoms with van der Waals surface area (Å²) in [4.78, 5) is 0. The Labute approximate surface area is 55.4 Å². The van der Waals surface area contributed by atoms with Gasteiger partial charge in [-0.15, -0.1) is 0 Å². The highest BCUT2D eigenvalue weighted by atomic mass is 19.1. The zero-order chi connectivity index (χ0) is 6.85. The Morgan fingerprint density at radius 2 is 2.11 bits per heavy atom. The van der Waals surface area contributed by atoms with Crippen molar-refractivity contribution in [1.82, 2.24) is 0 Å². The van der Waals surface area contributed by atoms with Crippen LogP contribution in [0.25, 0.3) is 0 Å². The van der Waals surface area contributed by atoms with Gasteiger partial charge in [-0.3, -0.25) is 0 Å². The van der Waals surface area contributed by atoms with E-state index < -0.39 is 6.17 Å². The van der Waals surface area contributed by atoms with Crippen LogP contribution in [0.5, 0.6) is 0 Å². The average Bonchev–Trinajstić information content (AvgIpc) is 1.60. The highest BCUT2D eigenvalue weighted by Gasteiger charge is 2.29. The predicted molar refractivity (Wildman–Crippen MR) is 35.9 cm³/mol. The zero-order valence-corrected chi connectivity index (χ0v) is 5.81. The molecule has 0 spiro atoms. The molecule has 0 bridgehead atoms. The third-order valence-electron chi connectivity index (χ3n) is 2.10. The van der Waals surface area contributed by atoms with E-state index in [0.29, 0.717) is 0 Å².